The molecule has 1 aliphatic rings. The van der Waals surface area contributed by atoms with Crippen LogP contribution in [0, 0.1) is 20.0 Å². The summed E-state index contributed by atoms with van der Waals surface area (Å²) < 4.78 is 22.5. The van der Waals surface area contributed by atoms with Crippen LogP contribution in [0.3, 0.4) is 0 Å². The quantitative estimate of drug-likeness (QED) is 0.541. The van der Waals surface area contributed by atoms with E-state index in [2.05, 4.69) is 20.0 Å². The molecule has 0 radical (unpaired) electrons. The molecule has 0 amide bonds. The molecule has 0 fully saturated rings. The second kappa shape index (κ2) is 16.4. The fourth-order valence-corrected chi connectivity index (χ4v) is 1.81. The summed E-state index contributed by atoms with van der Waals surface area (Å²) >= 11 is 0. The van der Waals surface area contributed by atoms with Crippen LogP contribution in [0.2, 0.25) is 0 Å². The molecule has 2 rings (SSSR count). The minimum Gasteiger partial charge on any atom is 6.00 e. The van der Waals surface area contributed by atoms with Gasteiger partial charge in [0.2, 0.25) is 0 Å². The smallest absolute Gasteiger partial charge is 6.00 e. The van der Waals surface area contributed by atoms with Crippen LogP contribution in [-0.4, -0.2) is 11.6 Å². The predicted octanol–water partition coefficient (Wildman–Crippen LogP) is 2.51. The molecule has 0 aliphatic heterocycles. The number of benzene rings is 1. The van der Waals surface area contributed by atoms with E-state index < -0.39 is 0 Å². The molecule has 1 aliphatic carbocycles. The topological polar surface area (TPSA) is 93.8 Å². The first-order valence-electron chi connectivity index (χ1n) is 5.56. The second-order valence-electron chi connectivity index (χ2n) is 3.60. The van der Waals surface area contributed by atoms with Gasteiger partial charge in [-0.2, -0.15) is 0 Å². The Kier molecular flexibility index (Phi) is 19.0. The van der Waals surface area contributed by atoms with Crippen molar-refractivity contribution in [2.45, 2.75) is 25.7 Å². The molecule has 0 aromatic heterocycles. The third kappa shape index (κ3) is 8.24. The van der Waals surface area contributed by atoms with Crippen molar-refractivity contribution in [2.24, 2.45) is 0 Å². The monoisotopic (exact) mass is 324 g/mol. The van der Waals surface area contributed by atoms with Crippen LogP contribution in [0.1, 0.15) is 46.4 Å². The number of carbonyl (C=O) groups excluding carboxylic acids is 2. The van der Waals surface area contributed by atoms with Gasteiger partial charge in [-0.1, -0.05) is 24.3 Å². The predicted molar refractivity (Wildman–Crippen MR) is 65.4 cm³/mol. The number of ketones is 2. The molecule has 0 bridgehead atoms. The van der Waals surface area contributed by atoms with Crippen molar-refractivity contribution < 1.29 is 40.9 Å². The van der Waals surface area contributed by atoms with E-state index in [0.717, 1.165) is 12.8 Å². The first-order chi connectivity index (χ1) is 9.79. The maximum absolute atomic E-state index is 11.7. The zero-order chi connectivity index (χ0) is 16.0. The molecule has 0 saturated heterocycles. The van der Waals surface area contributed by atoms with Gasteiger partial charge in [0.05, 0.1) is 0 Å². The van der Waals surface area contributed by atoms with Crippen LogP contribution in [0.5, 0.6) is 0 Å². The van der Waals surface area contributed by atoms with Gasteiger partial charge in [0.1, 0.15) is 0 Å². The van der Waals surface area contributed by atoms with Crippen molar-refractivity contribution >= 4 is 11.6 Å². The van der Waals surface area contributed by atoms with Gasteiger partial charge in [-0.25, -0.2) is 0 Å². The Balaban J connectivity index is -0.000000414. The summed E-state index contributed by atoms with van der Waals surface area (Å²) in [5, 5.41) is 0. The molecule has 21 heavy (non-hydrogen) atoms. The van der Waals surface area contributed by atoms with Crippen molar-refractivity contribution in [1.29, 1.82) is 0 Å². The first kappa shape index (κ1) is 24.3. The molecule has 0 atom stereocenters. The van der Waals surface area contributed by atoms with Crippen LogP contribution in [0.4, 0.5) is 0 Å². The summed E-state index contributed by atoms with van der Waals surface area (Å²) in [5.41, 5.74) is 1.22. The van der Waals surface area contributed by atoms with E-state index in [1.807, 2.05) is 12.1 Å². The molecule has 0 saturated carbocycles. The van der Waals surface area contributed by atoms with Gasteiger partial charge in [0.25, 0.3) is 0 Å². The average molecular weight is 324 g/mol. The average Bonchev–Trinajstić information content (AvgIpc) is 2.55. The number of Topliss-reactive ketones (excluding diaryl/α,β-unsaturated/α-hetero) is 2. The van der Waals surface area contributed by atoms with Crippen LogP contribution >= 0.6 is 0 Å². The van der Waals surface area contributed by atoms with Crippen molar-refractivity contribution in [1.82, 2.24) is 0 Å². The minimum absolute atomic E-state index is 0. The van der Waals surface area contributed by atoms with Gasteiger partial charge in [0, 0.05) is 24.0 Å². The van der Waals surface area contributed by atoms with Gasteiger partial charge in [0.15, 0.2) is 11.6 Å². The van der Waals surface area contributed by atoms with E-state index >= 15 is 0 Å². The van der Waals surface area contributed by atoms with Crippen molar-refractivity contribution in [3.8, 4) is 0 Å². The maximum atomic E-state index is 11.7. The standard InChI is InChI=1S/C12H12O2.3CO.Cr/c13-11-7-3-4-8-12(14)10-6-2-1-5-9(10)11;3*1-2;/h1-2,5-6H,3-4,7-8H2;;;;/q;;;;+6. The van der Waals surface area contributed by atoms with Gasteiger partial charge >= 0.3 is 51.3 Å². The number of fused-ring (bicyclic) bond motifs is 1. The summed E-state index contributed by atoms with van der Waals surface area (Å²) in [4.78, 5) is 23.3. The molecule has 0 spiro atoms. The van der Waals surface area contributed by atoms with Gasteiger partial charge in [-0.3, -0.25) is 9.59 Å². The Labute approximate surface area is 134 Å². The van der Waals surface area contributed by atoms with Crippen molar-refractivity contribution in [3.05, 3.63) is 55.3 Å². The molecule has 0 unspecified atom stereocenters. The van der Waals surface area contributed by atoms with Crippen molar-refractivity contribution in [3.63, 3.8) is 0 Å². The SMILES string of the molecule is O=C1CCCCC(=O)c2ccccc21.[C-]#[O+].[C-]#[O+].[C-]#[O+].[Cr+6]. The Bertz CT molecular complexity index is 451. The van der Waals surface area contributed by atoms with Crippen LogP contribution in [0.15, 0.2) is 24.3 Å². The molecular formula is C15H12CrO5+6. The molecule has 1 aromatic rings. The summed E-state index contributed by atoms with van der Waals surface area (Å²) in [6.07, 6.45) is 2.81. The molecule has 5 nitrogen and oxygen atoms in total. The van der Waals surface area contributed by atoms with Gasteiger partial charge in [-0.05, 0) is 12.8 Å². The molecule has 0 heterocycles. The van der Waals surface area contributed by atoms with Crippen LogP contribution in [-0.2, 0) is 31.3 Å². The summed E-state index contributed by atoms with van der Waals surface area (Å²) in [6, 6.07) is 7.12. The minimum atomic E-state index is 0. The second-order valence-corrected chi connectivity index (χ2v) is 3.60. The molecule has 102 valence electrons. The fourth-order valence-electron chi connectivity index (χ4n) is 1.81. The molecular weight excluding hydrogens is 312 g/mol. The number of hydrogen-bond donors (Lipinski definition) is 0. The maximum Gasteiger partial charge on any atom is 6.00 e. The number of rotatable bonds is 0. The Morgan fingerprint density at radius 2 is 1.00 bits per heavy atom. The third-order valence-corrected chi connectivity index (χ3v) is 2.59. The normalized spacial score (nSPS) is 11.7. The molecule has 6 heteroatoms. The summed E-state index contributed by atoms with van der Waals surface area (Å²) in [5.74, 6) is 0.210. The zero-order valence-corrected chi connectivity index (χ0v) is 12.4. The van der Waals surface area contributed by atoms with Gasteiger partial charge in [-0.15, -0.1) is 0 Å². The molecule has 1 aromatic carbocycles. The summed E-state index contributed by atoms with van der Waals surface area (Å²) in [7, 11) is 0. The number of hydrogen-bond acceptors (Lipinski definition) is 2. The van der Waals surface area contributed by atoms with E-state index in [1.165, 1.54) is 0 Å². The van der Waals surface area contributed by atoms with E-state index in [0.29, 0.717) is 24.0 Å². The third-order valence-electron chi connectivity index (χ3n) is 2.59. The molecule has 0 N–H and O–H groups in total. The Morgan fingerprint density at radius 3 is 1.29 bits per heavy atom. The van der Waals surface area contributed by atoms with E-state index in [-0.39, 0.29) is 28.9 Å². The largest absolute Gasteiger partial charge is 6.00 e. The number of carbonyl (C=O) groups is 2. The van der Waals surface area contributed by atoms with Crippen LogP contribution < -0.4 is 0 Å². The van der Waals surface area contributed by atoms with Crippen molar-refractivity contribution in [2.75, 3.05) is 0 Å². The fraction of sp³-hybridized carbons (Fsp3) is 0.267. The zero-order valence-electron chi connectivity index (χ0n) is 11.1. The van der Waals surface area contributed by atoms with E-state index in [9.17, 15) is 9.59 Å². The van der Waals surface area contributed by atoms with Crippen LogP contribution in [0.25, 0.3) is 0 Å². The first-order valence-corrected chi connectivity index (χ1v) is 5.56. The van der Waals surface area contributed by atoms with E-state index in [4.69, 9.17) is 14.0 Å². The Morgan fingerprint density at radius 1 is 0.714 bits per heavy atom. The van der Waals surface area contributed by atoms with Gasteiger partial charge < -0.3 is 0 Å². The summed E-state index contributed by atoms with van der Waals surface area (Å²) in [6.45, 7) is 13.5. The van der Waals surface area contributed by atoms with E-state index in [1.54, 1.807) is 12.1 Å². The Hall–Kier alpha value is -1.69.